The molecule has 0 aromatic heterocycles. The molecular formula is C7H12FNO3S. The van der Waals surface area contributed by atoms with Gasteiger partial charge in [-0.2, -0.15) is 0 Å². The summed E-state index contributed by atoms with van der Waals surface area (Å²) < 4.78 is 34.9. The van der Waals surface area contributed by atoms with E-state index in [1.165, 1.54) is 0 Å². The van der Waals surface area contributed by atoms with Gasteiger partial charge < -0.3 is 5.73 Å². The first-order valence-corrected chi connectivity index (χ1v) is 5.88. The average molecular weight is 209 g/mol. The predicted molar refractivity (Wildman–Crippen MR) is 45.5 cm³/mol. The molecule has 0 aliphatic carbocycles. The van der Waals surface area contributed by atoms with Crippen LogP contribution < -0.4 is 5.73 Å². The minimum Gasteiger partial charge on any atom is -0.367 e. The second-order valence-electron chi connectivity index (χ2n) is 3.29. The molecule has 1 saturated heterocycles. The van der Waals surface area contributed by atoms with E-state index in [4.69, 9.17) is 5.73 Å². The molecule has 1 amide bonds. The normalized spacial score (nSPS) is 25.3. The van der Waals surface area contributed by atoms with Crippen molar-refractivity contribution >= 4 is 15.7 Å². The van der Waals surface area contributed by atoms with Crippen LogP contribution in [-0.4, -0.2) is 32.0 Å². The Labute approximate surface area is 76.2 Å². The maximum Gasteiger partial charge on any atom is 0.252 e. The summed E-state index contributed by atoms with van der Waals surface area (Å²) in [5, 5.41) is 0. The number of rotatable bonds is 2. The molecule has 1 atom stereocenters. The van der Waals surface area contributed by atoms with Gasteiger partial charge in [-0.15, -0.1) is 0 Å². The zero-order valence-electron chi connectivity index (χ0n) is 7.07. The number of amides is 1. The SMILES string of the molecule is NC(=O)C(F)C1CCS(=O)(=O)CC1. The number of sulfone groups is 1. The molecule has 0 radical (unpaired) electrons. The van der Waals surface area contributed by atoms with E-state index >= 15 is 0 Å². The number of hydrogen-bond donors (Lipinski definition) is 1. The average Bonchev–Trinajstić information content (AvgIpc) is 2.03. The van der Waals surface area contributed by atoms with Crippen LogP contribution in [0.2, 0.25) is 0 Å². The highest BCUT2D eigenvalue weighted by atomic mass is 32.2. The van der Waals surface area contributed by atoms with Gasteiger partial charge in [0.05, 0.1) is 11.5 Å². The van der Waals surface area contributed by atoms with E-state index in [2.05, 4.69) is 0 Å². The van der Waals surface area contributed by atoms with Crippen molar-refractivity contribution in [3.05, 3.63) is 0 Å². The molecule has 76 valence electrons. The lowest BCUT2D eigenvalue weighted by Crippen LogP contribution is -2.36. The molecule has 1 aliphatic heterocycles. The zero-order chi connectivity index (χ0) is 10.1. The van der Waals surface area contributed by atoms with Gasteiger partial charge in [-0.3, -0.25) is 4.79 Å². The first kappa shape index (κ1) is 10.4. The van der Waals surface area contributed by atoms with Crippen LogP contribution in [0.4, 0.5) is 4.39 Å². The lowest BCUT2D eigenvalue weighted by Gasteiger charge is -2.22. The second kappa shape index (κ2) is 3.61. The Morgan fingerprint density at radius 3 is 2.23 bits per heavy atom. The third kappa shape index (κ3) is 2.65. The van der Waals surface area contributed by atoms with E-state index in [0.717, 1.165) is 0 Å². The molecule has 1 rings (SSSR count). The summed E-state index contributed by atoms with van der Waals surface area (Å²) in [6, 6.07) is 0. The molecule has 0 spiro atoms. The van der Waals surface area contributed by atoms with Gasteiger partial charge in [0, 0.05) is 5.92 Å². The molecule has 2 N–H and O–H groups in total. The summed E-state index contributed by atoms with van der Waals surface area (Å²) in [4.78, 5) is 10.5. The minimum absolute atomic E-state index is 0.0363. The number of nitrogens with two attached hydrogens (primary N) is 1. The molecule has 1 unspecified atom stereocenters. The van der Waals surface area contributed by atoms with Crippen LogP contribution in [0.5, 0.6) is 0 Å². The maximum absolute atomic E-state index is 13.0. The fourth-order valence-electron chi connectivity index (χ4n) is 1.43. The number of alkyl halides is 1. The van der Waals surface area contributed by atoms with Crippen LogP contribution in [0, 0.1) is 5.92 Å². The quantitative estimate of drug-likeness (QED) is 0.674. The van der Waals surface area contributed by atoms with Crippen LogP contribution in [0.1, 0.15) is 12.8 Å². The number of carbonyl (C=O) groups excluding carboxylic acids is 1. The molecule has 13 heavy (non-hydrogen) atoms. The van der Waals surface area contributed by atoms with Gasteiger partial charge in [0.15, 0.2) is 6.17 Å². The Morgan fingerprint density at radius 2 is 1.85 bits per heavy atom. The summed E-state index contributed by atoms with van der Waals surface area (Å²) in [6.45, 7) is 0. The molecule has 1 fully saturated rings. The highest BCUT2D eigenvalue weighted by Gasteiger charge is 2.32. The Hall–Kier alpha value is -0.650. The van der Waals surface area contributed by atoms with Crippen molar-refractivity contribution in [2.75, 3.05) is 11.5 Å². The molecule has 0 saturated carbocycles. The van der Waals surface area contributed by atoms with Gasteiger partial charge in [0.1, 0.15) is 9.84 Å². The highest BCUT2D eigenvalue weighted by molar-refractivity contribution is 7.91. The fourth-order valence-corrected chi connectivity index (χ4v) is 2.96. The van der Waals surface area contributed by atoms with E-state index in [1.807, 2.05) is 0 Å². The van der Waals surface area contributed by atoms with Crippen LogP contribution >= 0.6 is 0 Å². The second-order valence-corrected chi connectivity index (χ2v) is 5.60. The summed E-state index contributed by atoms with van der Waals surface area (Å²) >= 11 is 0. The number of carbonyl (C=O) groups is 1. The van der Waals surface area contributed by atoms with Gasteiger partial charge in [0.25, 0.3) is 5.91 Å². The third-order valence-corrected chi connectivity index (χ3v) is 4.00. The van der Waals surface area contributed by atoms with Crippen molar-refractivity contribution in [2.24, 2.45) is 11.7 Å². The van der Waals surface area contributed by atoms with Crippen molar-refractivity contribution in [3.63, 3.8) is 0 Å². The molecule has 6 heteroatoms. The van der Waals surface area contributed by atoms with Gasteiger partial charge in [0.2, 0.25) is 0 Å². The van der Waals surface area contributed by atoms with Crippen LogP contribution in [0.25, 0.3) is 0 Å². The molecule has 0 bridgehead atoms. The van der Waals surface area contributed by atoms with E-state index in [0.29, 0.717) is 0 Å². The van der Waals surface area contributed by atoms with Gasteiger partial charge in [-0.05, 0) is 12.8 Å². The Kier molecular flexibility index (Phi) is 2.90. The van der Waals surface area contributed by atoms with Crippen LogP contribution in [0.15, 0.2) is 0 Å². The monoisotopic (exact) mass is 209 g/mol. The number of primary amides is 1. The molecular weight excluding hydrogens is 197 g/mol. The lowest BCUT2D eigenvalue weighted by molar-refractivity contribution is -0.124. The van der Waals surface area contributed by atoms with Crippen molar-refractivity contribution in [1.29, 1.82) is 0 Å². The smallest absolute Gasteiger partial charge is 0.252 e. The maximum atomic E-state index is 13.0. The van der Waals surface area contributed by atoms with Gasteiger partial charge in [-0.1, -0.05) is 0 Å². The van der Waals surface area contributed by atoms with Gasteiger partial charge >= 0.3 is 0 Å². The Bertz CT molecular complexity index is 287. The fraction of sp³-hybridized carbons (Fsp3) is 0.857. The summed E-state index contributed by atoms with van der Waals surface area (Å²) in [6.07, 6.45) is -1.30. The largest absolute Gasteiger partial charge is 0.367 e. The van der Waals surface area contributed by atoms with E-state index in [-0.39, 0.29) is 24.3 Å². The topological polar surface area (TPSA) is 77.2 Å². The summed E-state index contributed by atoms with van der Waals surface area (Å²) in [5.41, 5.74) is 4.77. The first-order valence-electron chi connectivity index (χ1n) is 4.06. The van der Waals surface area contributed by atoms with Crippen LogP contribution in [-0.2, 0) is 14.6 Å². The molecule has 0 aromatic rings. The molecule has 4 nitrogen and oxygen atoms in total. The van der Waals surface area contributed by atoms with Gasteiger partial charge in [-0.25, -0.2) is 12.8 Å². The number of hydrogen-bond acceptors (Lipinski definition) is 3. The zero-order valence-corrected chi connectivity index (χ0v) is 7.89. The predicted octanol–water partition coefficient (Wildman–Crippen LogP) is -0.365. The van der Waals surface area contributed by atoms with E-state index in [9.17, 15) is 17.6 Å². The summed E-state index contributed by atoms with van der Waals surface area (Å²) in [7, 11) is -2.99. The molecule has 1 heterocycles. The lowest BCUT2D eigenvalue weighted by atomic mass is 9.97. The Morgan fingerprint density at radius 1 is 1.38 bits per heavy atom. The van der Waals surface area contributed by atoms with Crippen molar-refractivity contribution in [2.45, 2.75) is 19.0 Å². The highest BCUT2D eigenvalue weighted by Crippen LogP contribution is 2.23. The standard InChI is InChI=1S/C7H12FNO3S/c8-6(7(9)10)5-1-3-13(11,12)4-2-5/h5-6H,1-4H2,(H2,9,10). The van der Waals surface area contributed by atoms with Crippen molar-refractivity contribution < 1.29 is 17.6 Å². The van der Waals surface area contributed by atoms with Crippen molar-refractivity contribution in [1.82, 2.24) is 0 Å². The Balaban J connectivity index is 2.55. The van der Waals surface area contributed by atoms with E-state index < -0.39 is 27.8 Å². The summed E-state index contributed by atoms with van der Waals surface area (Å²) in [5.74, 6) is -1.58. The number of halogens is 1. The van der Waals surface area contributed by atoms with Crippen LogP contribution in [0.3, 0.4) is 0 Å². The van der Waals surface area contributed by atoms with E-state index in [1.54, 1.807) is 0 Å². The molecule has 0 aromatic carbocycles. The first-order chi connectivity index (χ1) is 5.92. The third-order valence-electron chi connectivity index (χ3n) is 2.28. The molecule has 1 aliphatic rings. The minimum atomic E-state index is -2.99. The van der Waals surface area contributed by atoms with Crippen molar-refractivity contribution in [3.8, 4) is 0 Å².